The molecule has 1 fully saturated rings. The van der Waals surface area contributed by atoms with Crippen molar-refractivity contribution >= 4 is 6.29 Å². The van der Waals surface area contributed by atoms with Gasteiger partial charge in [0, 0.05) is 11.5 Å². The van der Waals surface area contributed by atoms with Gasteiger partial charge in [0.25, 0.3) is 0 Å². The Bertz CT molecular complexity index is 399. The first-order valence-corrected chi connectivity index (χ1v) is 5.29. The van der Waals surface area contributed by atoms with Gasteiger partial charge in [0.05, 0.1) is 19.9 Å². The summed E-state index contributed by atoms with van der Waals surface area (Å²) < 4.78 is 10.8. The summed E-state index contributed by atoms with van der Waals surface area (Å²) >= 11 is 0. The Morgan fingerprint density at radius 1 is 1.50 bits per heavy atom. The summed E-state index contributed by atoms with van der Waals surface area (Å²) in [4.78, 5) is 14.5. The van der Waals surface area contributed by atoms with Gasteiger partial charge in [-0.3, -0.25) is 4.79 Å². The molecule has 0 N–H and O–H groups in total. The molecule has 1 aromatic rings. The molecule has 4 heteroatoms. The average Bonchev–Trinajstić information content (AvgIpc) is 3.05. The Labute approximate surface area is 94.6 Å². The molecule has 1 aliphatic rings. The van der Waals surface area contributed by atoms with Crippen LogP contribution in [0.15, 0.2) is 12.3 Å². The van der Waals surface area contributed by atoms with Gasteiger partial charge in [0.1, 0.15) is 5.69 Å². The maximum atomic E-state index is 10.6. The SMILES string of the molecule is COc1cc(C=O)ncc1OCC1(C)CC1. The Kier molecular flexibility index (Phi) is 2.81. The van der Waals surface area contributed by atoms with Crippen LogP contribution < -0.4 is 9.47 Å². The molecular formula is C12H15NO3. The van der Waals surface area contributed by atoms with Crippen LogP contribution in [0.4, 0.5) is 0 Å². The predicted molar refractivity (Wildman–Crippen MR) is 59.0 cm³/mol. The molecule has 0 spiro atoms. The van der Waals surface area contributed by atoms with Crippen LogP contribution in [-0.4, -0.2) is 25.0 Å². The van der Waals surface area contributed by atoms with Crippen molar-refractivity contribution in [2.75, 3.05) is 13.7 Å². The Hall–Kier alpha value is -1.58. The van der Waals surface area contributed by atoms with Gasteiger partial charge in [0.2, 0.25) is 0 Å². The van der Waals surface area contributed by atoms with Gasteiger partial charge >= 0.3 is 0 Å². The number of hydrogen-bond acceptors (Lipinski definition) is 4. The van der Waals surface area contributed by atoms with Crippen LogP contribution in [0.3, 0.4) is 0 Å². The van der Waals surface area contributed by atoms with Crippen molar-refractivity contribution in [3.8, 4) is 11.5 Å². The first kappa shape index (κ1) is 10.9. The van der Waals surface area contributed by atoms with Crippen molar-refractivity contribution in [2.45, 2.75) is 19.8 Å². The minimum atomic E-state index is 0.314. The fourth-order valence-corrected chi connectivity index (χ4v) is 1.38. The third-order valence-electron chi connectivity index (χ3n) is 2.87. The van der Waals surface area contributed by atoms with E-state index in [0.29, 0.717) is 35.5 Å². The third kappa shape index (κ3) is 2.32. The number of aromatic nitrogens is 1. The van der Waals surface area contributed by atoms with Crippen molar-refractivity contribution in [3.05, 3.63) is 18.0 Å². The van der Waals surface area contributed by atoms with E-state index in [2.05, 4.69) is 11.9 Å². The summed E-state index contributed by atoms with van der Waals surface area (Å²) in [6.07, 6.45) is 4.63. The molecular weight excluding hydrogens is 206 g/mol. The number of pyridine rings is 1. The Balaban J connectivity index is 2.09. The van der Waals surface area contributed by atoms with Gasteiger partial charge in [-0.05, 0) is 12.8 Å². The molecule has 0 unspecified atom stereocenters. The summed E-state index contributed by atoms with van der Waals surface area (Å²) in [7, 11) is 1.55. The number of hydrogen-bond donors (Lipinski definition) is 0. The molecule has 1 saturated carbocycles. The Morgan fingerprint density at radius 2 is 2.25 bits per heavy atom. The molecule has 0 bridgehead atoms. The maximum Gasteiger partial charge on any atom is 0.179 e. The number of nitrogens with zero attached hydrogens (tertiary/aromatic N) is 1. The second kappa shape index (κ2) is 4.12. The number of carbonyl (C=O) groups is 1. The zero-order chi connectivity index (χ0) is 11.6. The predicted octanol–water partition coefficient (Wildman–Crippen LogP) is 2.08. The second-order valence-electron chi connectivity index (χ2n) is 4.48. The van der Waals surface area contributed by atoms with Crippen LogP contribution in [0.2, 0.25) is 0 Å². The lowest BCUT2D eigenvalue weighted by Gasteiger charge is -2.13. The van der Waals surface area contributed by atoms with E-state index in [1.54, 1.807) is 13.2 Å². The lowest BCUT2D eigenvalue weighted by Crippen LogP contribution is -2.09. The van der Waals surface area contributed by atoms with Crippen LogP contribution in [0.5, 0.6) is 11.5 Å². The zero-order valence-electron chi connectivity index (χ0n) is 9.53. The van der Waals surface area contributed by atoms with Crippen molar-refractivity contribution in [1.29, 1.82) is 0 Å². The van der Waals surface area contributed by atoms with Crippen LogP contribution in [0.25, 0.3) is 0 Å². The van der Waals surface area contributed by atoms with Crippen molar-refractivity contribution in [3.63, 3.8) is 0 Å². The highest BCUT2D eigenvalue weighted by Gasteiger charge is 2.38. The average molecular weight is 221 g/mol. The summed E-state index contributed by atoms with van der Waals surface area (Å²) in [5.41, 5.74) is 0.663. The Morgan fingerprint density at radius 3 is 2.81 bits per heavy atom. The normalized spacial score (nSPS) is 16.6. The van der Waals surface area contributed by atoms with Gasteiger partial charge in [-0.2, -0.15) is 0 Å². The lowest BCUT2D eigenvalue weighted by molar-refractivity contribution is 0.111. The highest BCUT2D eigenvalue weighted by atomic mass is 16.5. The molecule has 0 atom stereocenters. The van der Waals surface area contributed by atoms with E-state index < -0.39 is 0 Å². The topological polar surface area (TPSA) is 48.4 Å². The fourth-order valence-electron chi connectivity index (χ4n) is 1.38. The zero-order valence-corrected chi connectivity index (χ0v) is 9.53. The lowest BCUT2D eigenvalue weighted by atomic mass is 10.2. The van der Waals surface area contributed by atoms with Gasteiger partial charge in [0.15, 0.2) is 17.8 Å². The molecule has 86 valence electrons. The molecule has 1 heterocycles. The molecule has 0 aromatic carbocycles. The van der Waals surface area contributed by atoms with E-state index in [-0.39, 0.29) is 0 Å². The van der Waals surface area contributed by atoms with Crippen LogP contribution in [0, 0.1) is 5.41 Å². The molecule has 4 nitrogen and oxygen atoms in total. The monoisotopic (exact) mass is 221 g/mol. The quantitative estimate of drug-likeness (QED) is 0.714. The van der Waals surface area contributed by atoms with Gasteiger partial charge < -0.3 is 9.47 Å². The van der Waals surface area contributed by atoms with Gasteiger partial charge in [-0.25, -0.2) is 4.98 Å². The van der Waals surface area contributed by atoms with E-state index in [1.165, 1.54) is 19.0 Å². The number of aldehydes is 1. The van der Waals surface area contributed by atoms with Gasteiger partial charge in [-0.1, -0.05) is 6.92 Å². The molecule has 0 amide bonds. The number of ether oxygens (including phenoxy) is 2. The minimum absolute atomic E-state index is 0.314. The van der Waals surface area contributed by atoms with Crippen LogP contribution in [-0.2, 0) is 0 Å². The van der Waals surface area contributed by atoms with Crippen molar-refractivity contribution < 1.29 is 14.3 Å². The summed E-state index contributed by atoms with van der Waals surface area (Å²) in [5, 5.41) is 0. The molecule has 0 aliphatic heterocycles. The number of carbonyl (C=O) groups excluding carboxylic acids is 1. The summed E-state index contributed by atoms with van der Waals surface area (Å²) in [6, 6.07) is 1.58. The highest BCUT2D eigenvalue weighted by molar-refractivity contribution is 5.73. The first-order valence-electron chi connectivity index (χ1n) is 5.29. The fraction of sp³-hybridized carbons (Fsp3) is 0.500. The van der Waals surface area contributed by atoms with Gasteiger partial charge in [-0.15, -0.1) is 0 Å². The minimum Gasteiger partial charge on any atom is -0.493 e. The van der Waals surface area contributed by atoms with Crippen LogP contribution in [0.1, 0.15) is 30.3 Å². The van der Waals surface area contributed by atoms with E-state index >= 15 is 0 Å². The molecule has 1 aliphatic carbocycles. The van der Waals surface area contributed by atoms with E-state index in [1.807, 2.05) is 0 Å². The maximum absolute atomic E-state index is 10.6. The molecule has 0 radical (unpaired) electrons. The highest BCUT2D eigenvalue weighted by Crippen LogP contribution is 2.45. The first-order chi connectivity index (χ1) is 7.67. The number of methoxy groups -OCH3 is 1. The van der Waals surface area contributed by atoms with E-state index in [4.69, 9.17) is 9.47 Å². The molecule has 16 heavy (non-hydrogen) atoms. The summed E-state index contributed by atoms with van der Waals surface area (Å²) in [5.74, 6) is 1.16. The van der Waals surface area contributed by atoms with Crippen molar-refractivity contribution in [1.82, 2.24) is 4.98 Å². The van der Waals surface area contributed by atoms with Crippen LogP contribution >= 0.6 is 0 Å². The smallest absolute Gasteiger partial charge is 0.179 e. The molecule has 0 saturated heterocycles. The van der Waals surface area contributed by atoms with E-state index in [0.717, 1.165) is 0 Å². The standard InChI is InChI=1S/C12H15NO3/c1-12(3-4-12)8-16-11-6-13-9(7-14)5-10(11)15-2/h5-7H,3-4,8H2,1-2H3. The largest absolute Gasteiger partial charge is 0.493 e. The third-order valence-corrected chi connectivity index (χ3v) is 2.87. The number of rotatable bonds is 5. The van der Waals surface area contributed by atoms with E-state index in [9.17, 15) is 4.79 Å². The summed E-state index contributed by atoms with van der Waals surface area (Å²) in [6.45, 7) is 2.86. The second-order valence-corrected chi connectivity index (χ2v) is 4.48. The van der Waals surface area contributed by atoms with Crippen molar-refractivity contribution in [2.24, 2.45) is 5.41 Å². The molecule has 1 aromatic heterocycles. The molecule has 2 rings (SSSR count).